The van der Waals surface area contributed by atoms with Crippen LogP contribution in [-0.4, -0.2) is 87.3 Å². The second kappa shape index (κ2) is 33.3. The number of nitrogen functional groups attached to an aromatic ring is 2. The van der Waals surface area contributed by atoms with E-state index >= 15 is 0 Å². The molecule has 4 heterocycles. The summed E-state index contributed by atoms with van der Waals surface area (Å²) in [5.41, 5.74) is 10.1. The number of aromatic nitrogens is 4. The Kier molecular flexibility index (Phi) is 29.8. The fourth-order valence-corrected chi connectivity index (χ4v) is 8.59. The third kappa shape index (κ3) is 27.6. The van der Waals surface area contributed by atoms with E-state index in [4.69, 9.17) is 46.2 Å². The summed E-state index contributed by atoms with van der Waals surface area (Å²) in [4.78, 5) is 69.1. The van der Waals surface area contributed by atoms with Crippen LogP contribution in [0.4, 0.5) is 42.4 Å². The third-order valence-electron chi connectivity index (χ3n) is 8.55. The molecule has 0 aliphatic rings. The van der Waals surface area contributed by atoms with Crippen molar-refractivity contribution in [2.24, 2.45) is 0 Å². The van der Waals surface area contributed by atoms with Gasteiger partial charge in [0.2, 0.25) is 0 Å². The van der Waals surface area contributed by atoms with Gasteiger partial charge in [-0.2, -0.15) is 9.80 Å². The van der Waals surface area contributed by atoms with Crippen molar-refractivity contribution < 1.29 is 51.6 Å². The molecular formula is C56H74BrClN8O11S3. The molecule has 0 aliphatic heterocycles. The number of nitrogens with two attached hydrogens (primary N) is 2. The lowest BCUT2D eigenvalue weighted by Gasteiger charge is -2.28. The zero-order valence-electron chi connectivity index (χ0n) is 46.5. The first kappa shape index (κ1) is 71.5. The van der Waals surface area contributed by atoms with E-state index < -0.39 is 66.5 Å². The van der Waals surface area contributed by atoms with E-state index in [2.05, 4.69) is 48.0 Å². The molecule has 6 rings (SSSR count). The lowest BCUT2D eigenvalue weighted by atomic mass is 10.2. The fraction of sp³-hybridized carbons (Fsp3) is 0.357. The van der Waals surface area contributed by atoms with Crippen molar-refractivity contribution in [2.75, 3.05) is 28.4 Å². The smallest absolute Gasteiger partial charge is 0.425 e. The second-order valence-electron chi connectivity index (χ2n) is 20.0. The first-order valence-corrected chi connectivity index (χ1v) is 29.0. The molecular weight excluding hydrogens is 1170 g/mol. The number of thioether (sulfide) groups is 2. The molecule has 0 bridgehead atoms. The summed E-state index contributed by atoms with van der Waals surface area (Å²) in [6.45, 7) is 20.0. The van der Waals surface area contributed by atoms with Crippen molar-refractivity contribution in [3.05, 3.63) is 150 Å². The zero-order chi connectivity index (χ0) is 59.8. The fourth-order valence-electron chi connectivity index (χ4n) is 5.52. The number of nitrogens with zero attached hydrogens (tertiary/aromatic N) is 6. The molecule has 80 heavy (non-hydrogen) atoms. The maximum atomic E-state index is 12.9. The summed E-state index contributed by atoms with van der Waals surface area (Å²) in [6.07, 6.45) is 2.18. The lowest BCUT2D eigenvalue weighted by molar-refractivity contribution is 0.0405. The lowest BCUT2D eigenvalue weighted by Crippen LogP contribution is -2.44. The van der Waals surface area contributed by atoms with Gasteiger partial charge in [0.1, 0.15) is 38.9 Å². The van der Waals surface area contributed by atoms with Gasteiger partial charge in [-0.05, 0) is 159 Å². The molecule has 0 aliphatic carbocycles. The summed E-state index contributed by atoms with van der Waals surface area (Å²) >= 11 is 6.40. The number of anilines is 4. The molecule has 0 spiro atoms. The molecule has 4 amide bonds. The summed E-state index contributed by atoms with van der Waals surface area (Å²) < 4.78 is 45.6. The first-order chi connectivity index (χ1) is 36.7. The molecule has 2 aromatic carbocycles. The Morgan fingerprint density at radius 2 is 0.838 bits per heavy atom. The number of pyridine rings is 4. The number of amides is 4. The number of halogens is 2. The summed E-state index contributed by atoms with van der Waals surface area (Å²) in [6, 6.07) is 33.8. The van der Waals surface area contributed by atoms with E-state index in [0.717, 1.165) is 38.8 Å². The third-order valence-corrected chi connectivity index (χ3v) is 12.8. The van der Waals surface area contributed by atoms with Crippen molar-refractivity contribution >= 4 is 107 Å². The number of benzene rings is 2. The Bertz CT molecular complexity index is 2920. The first-order valence-electron chi connectivity index (χ1n) is 24.0. The molecule has 0 unspecified atom stereocenters. The normalized spacial score (nSPS) is 11.0. The van der Waals surface area contributed by atoms with Crippen molar-refractivity contribution in [3.63, 3.8) is 0 Å². The minimum Gasteiger partial charge on any atom is -0.443 e. The number of aliphatic hydroxyl groups excluding tert-OH is 1. The highest BCUT2D eigenvalue weighted by molar-refractivity contribution is 9.10. The highest BCUT2D eigenvalue weighted by Gasteiger charge is 2.38. The van der Waals surface area contributed by atoms with Crippen molar-refractivity contribution in [2.45, 2.75) is 139 Å². The van der Waals surface area contributed by atoms with Gasteiger partial charge in [0.15, 0.2) is 11.6 Å². The average Bonchev–Trinajstić information content (AvgIpc) is 3.34. The zero-order valence-corrected chi connectivity index (χ0v) is 51.3. The van der Waals surface area contributed by atoms with E-state index in [-0.39, 0.29) is 13.2 Å². The number of aliphatic hydroxyl groups is 1. The number of hydrogen-bond acceptors (Lipinski definition) is 19. The van der Waals surface area contributed by atoms with Crippen LogP contribution in [0.15, 0.2) is 153 Å². The molecule has 4 aromatic heterocycles. The predicted octanol–water partition coefficient (Wildman–Crippen LogP) is 14.4. The molecule has 0 fully saturated rings. The van der Waals surface area contributed by atoms with Crippen LogP contribution >= 0.6 is 50.1 Å². The van der Waals surface area contributed by atoms with Gasteiger partial charge in [-0.25, -0.2) is 47.5 Å². The van der Waals surface area contributed by atoms with Gasteiger partial charge in [0, 0.05) is 59.0 Å². The van der Waals surface area contributed by atoms with Crippen LogP contribution in [0, 0.1) is 0 Å². The Morgan fingerprint density at radius 3 is 1.19 bits per heavy atom. The number of carbonyl (C=O) groups is 4. The maximum absolute atomic E-state index is 12.9. The highest BCUT2D eigenvalue weighted by atomic mass is 79.9. The van der Waals surface area contributed by atoms with Gasteiger partial charge in [-0.3, -0.25) is 0 Å². The molecule has 19 nitrogen and oxygen atoms in total. The molecule has 0 saturated carbocycles. The Morgan fingerprint density at radius 1 is 0.512 bits per heavy atom. The predicted molar refractivity (Wildman–Crippen MR) is 323 cm³/mol. The molecule has 24 heteroatoms. The van der Waals surface area contributed by atoms with Crippen molar-refractivity contribution in [3.8, 4) is 0 Å². The van der Waals surface area contributed by atoms with Crippen LogP contribution < -0.4 is 21.3 Å². The minimum atomic E-state index is -4.28. The number of carbonyl (C=O) groups excluding carboxylic acids is 4. The van der Waals surface area contributed by atoms with Crippen LogP contribution in [-0.2, 0) is 39.5 Å². The van der Waals surface area contributed by atoms with Crippen LogP contribution in [0.25, 0.3) is 0 Å². The van der Waals surface area contributed by atoms with Gasteiger partial charge in [-0.1, -0.05) is 68.1 Å². The minimum absolute atomic E-state index is 0. The molecule has 0 atom stereocenters. The van der Waals surface area contributed by atoms with E-state index in [0.29, 0.717) is 27.2 Å². The number of hydrogen-bond donors (Lipinski definition) is 3. The van der Waals surface area contributed by atoms with E-state index in [1.807, 2.05) is 78.9 Å². The Hall–Kier alpha value is -6.50. The number of ether oxygens (including phenoxy) is 4. The topological polar surface area (TPSA) is 270 Å². The number of imide groups is 2. The van der Waals surface area contributed by atoms with Gasteiger partial charge in [-0.15, -0.1) is 23.5 Å². The number of rotatable bonds is 9. The largest absolute Gasteiger partial charge is 0.443 e. The summed E-state index contributed by atoms with van der Waals surface area (Å²) in [5.74, 6) is 2.43. The highest BCUT2D eigenvalue weighted by Crippen LogP contribution is 2.33. The Labute approximate surface area is 492 Å². The van der Waals surface area contributed by atoms with Crippen LogP contribution in [0.1, 0.15) is 102 Å². The maximum Gasteiger partial charge on any atom is 0.425 e. The average molecular weight is 1250 g/mol. The Balaban J connectivity index is 0.000000565. The van der Waals surface area contributed by atoms with E-state index in [1.54, 1.807) is 113 Å². The van der Waals surface area contributed by atoms with Crippen LogP contribution in [0.5, 0.6) is 0 Å². The molecule has 436 valence electrons. The standard InChI is InChI=1S/C22H28N2O4S.C15H21ClN2O6S.C12H12N2S.C5H5BrN2.CH4O.CH4/c1-21(2,3)27-19(25)24(20(26)28-22(4,5)6)18-17(13-10-14-23-18)29-15-16-11-8-7-9-12-16;1-14(2,3)23-12(19)18(13(20)24-15(4,5)6)11-10(25(16,21)22)8-7-9-17-11;13-12-11(7-4-8-14-12)15-9-10-5-2-1-3-6-10;6-4-2-1-3-8-5(4)7;1-2;/h7-14H,15H2,1-6H3;7-9H,1-6H3;1-8H,9H2,(H2,13,14);1-3H,(H2,7,8);2H,1H3;1H4. The van der Waals surface area contributed by atoms with Crippen LogP contribution in [0.3, 0.4) is 0 Å². The molecule has 0 radical (unpaired) electrons. The van der Waals surface area contributed by atoms with E-state index in [9.17, 15) is 27.6 Å². The molecule has 6 aromatic rings. The van der Waals surface area contributed by atoms with Gasteiger partial charge in [0.05, 0.1) is 9.37 Å². The molecule has 0 saturated heterocycles. The monoisotopic (exact) mass is 1240 g/mol. The van der Waals surface area contributed by atoms with Gasteiger partial charge >= 0.3 is 24.4 Å². The molecule has 5 N–H and O–H groups in total. The van der Waals surface area contributed by atoms with Crippen molar-refractivity contribution in [1.29, 1.82) is 0 Å². The second-order valence-corrected chi connectivity index (χ2v) is 25.4. The van der Waals surface area contributed by atoms with Gasteiger partial charge < -0.3 is 35.5 Å². The van der Waals surface area contributed by atoms with E-state index in [1.165, 1.54) is 35.8 Å². The van der Waals surface area contributed by atoms with Gasteiger partial charge in [0.25, 0.3) is 9.05 Å². The summed E-state index contributed by atoms with van der Waals surface area (Å²) in [7, 11) is 2.10. The summed E-state index contributed by atoms with van der Waals surface area (Å²) in [5, 5.41) is 7.00. The quantitative estimate of drug-likeness (QED) is 0.0689. The van der Waals surface area contributed by atoms with Crippen molar-refractivity contribution in [1.82, 2.24) is 19.9 Å². The van der Waals surface area contributed by atoms with Crippen LogP contribution in [0.2, 0.25) is 0 Å². The SMILES string of the molecule is C.CC(C)(C)OC(=O)N(C(=O)OC(C)(C)C)c1ncccc1S(=O)(=O)Cl.CC(C)(C)OC(=O)N(C(=O)OC(C)(C)C)c1ncccc1SCc1ccccc1.CO.Nc1ncccc1Br.Nc1ncccc1SCc1ccccc1.